The molecule has 0 amide bonds. The van der Waals surface area contributed by atoms with E-state index in [4.69, 9.17) is 9.31 Å². The lowest BCUT2D eigenvalue weighted by Gasteiger charge is -2.32. The van der Waals surface area contributed by atoms with Crippen LogP contribution in [-0.4, -0.2) is 38.1 Å². The minimum Gasteiger partial charge on any atom is -0.398 e. The molecular formula is C14H19BN4O2. The maximum absolute atomic E-state index is 5.99. The lowest BCUT2D eigenvalue weighted by atomic mass is 9.85. The largest absolute Gasteiger partial charge is 0.516 e. The molecule has 0 aromatic carbocycles. The van der Waals surface area contributed by atoms with Crippen molar-refractivity contribution in [3.63, 3.8) is 0 Å². The van der Waals surface area contributed by atoms with Crippen molar-refractivity contribution in [1.29, 1.82) is 0 Å². The predicted molar refractivity (Wildman–Crippen MR) is 79.1 cm³/mol. The zero-order chi connectivity index (χ0) is 15.1. The van der Waals surface area contributed by atoms with Gasteiger partial charge in [0, 0.05) is 18.6 Å². The number of hydrogen-bond acceptors (Lipinski definition) is 5. The molecule has 0 saturated carbocycles. The van der Waals surface area contributed by atoms with Crippen LogP contribution in [0.3, 0.4) is 0 Å². The molecule has 3 rings (SSSR count). The Hall–Kier alpha value is -1.73. The van der Waals surface area contributed by atoms with E-state index in [1.54, 1.807) is 18.6 Å². The fourth-order valence-electron chi connectivity index (χ4n) is 2.13. The van der Waals surface area contributed by atoms with Gasteiger partial charge in [0.25, 0.3) is 0 Å². The molecule has 110 valence electrons. The van der Waals surface area contributed by atoms with Crippen LogP contribution < -0.4 is 5.59 Å². The second kappa shape index (κ2) is 4.93. The van der Waals surface area contributed by atoms with Gasteiger partial charge in [0.05, 0.1) is 35.2 Å². The van der Waals surface area contributed by atoms with Crippen LogP contribution in [0.1, 0.15) is 33.4 Å². The summed E-state index contributed by atoms with van der Waals surface area (Å²) in [4.78, 5) is 8.29. The van der Waals surface area contributed by atoms with Crippen molar-refractivity contribution in [2.75, 3.05) is 0 Å². The SMILES string of the molecule is CC1(C)OB(c2ccn(Cc3cnccn3)n2)OC1(C)C. The van der Waals surface area contributed by atoms with Gasteiger partial charge in [0.15, 0.2) is 0 Å². The quantitative estimate of drug-likeness (QED) is 0.788. The normalized spacial score (nSPS) is 19.9. The van der Waals surface area contributed by atoms with Crippen LogP contribution in [-0.2, 0) is 15.9 Å². The molecular weight excluding hydrogens is 267 g/mol. The Bertz CT molecular complexity index is 611. The highest BCUT2D eigenvalue weighted by atomic mass is 16.7. The summed E-state index contributed by atoms with van der Waals surface area (Å²) in [5.74, 6) is 0. The molecule has 1 aliphatic rings. The molecule has 0 unspecified atom stereocenters. The van der Waals surface area contributed by atoms with E-state index in [0.29, 0.717) is 6.54 Å². The Morgan fingerprint density at radius 3 is 2.48 bits per heavy atom. The zero-order valence-corrected chi connectivity index (χ0v) is 12.8. The van der Waals surface area contributed by atoms with E-state index in [1.807, 2.05) is 44.6 Å². The topological polar surface area (TPSA) is 62.1 Å². The summed E-state index contributed by atoms with van der Waals surface area (Å²) in [7, 11) is -0.432. The first kappa shape index (κ1) is 14.2. The maximum atomic E-state index is 5.99. The lowest BCUT2D eigenvalue weighted by Crippen LogP contribution is -2.41. The Labute approximate surface area is 124 Å². The molecule has 0 radical (unpaired) electrons. The first-order chi connectivity index (χ1) is 9.87. The molecule has 7 heteroatoms. The fourth-order valence-corrected chi connectivity index (χ4v) is 2.13. The second-order valence-corrected chi connectivity index (χ2v) is 6.22. The fraction of sp³-hybridized carbons (Fsp3) is 0.500. The Morgan fingerprint density at radius 1 is 1.14 bits per heavy atom. The second-order valence-electron chi connectivity index (χ2n) is 6.22. The van der Waals surface area contributed by atoms with Gasteiger partial charge in [-0.2, -0.15) is 5.10 Å². The summed E-state index contributed by atoms with van der Waals surface area (Å²) >= 11 is 0. The summed E-state index contributed by atoms with van der Waals surface area (Å²) in [5, 5.41) is 4.52. The van der Waals surface area contributed by atoms with Crippen LogP contribution >= 0.6 is 0 Å². The average molecular weight is 286 g/mol. The van der Waals surface area contributed by atoms with Crippen molar-refractivity contribution >= 4 is 12.7 Å². The van der Waals surface area contributed by atoms with E-state index < -0.39 is 7.12 Å². The minimum atomic E-state index is -0.432. The van der Waals surface area contributed by atoms with Crippen LogP contribution in [0.15, 0.2) is 30.9 Å². The van der Waals surface area contributed by atoms with Gasteiger partial charge in [-0.1, -0.05) is 0 Å². The molecule has 0 N–H and O–H groups in total. The number of aromatic nitrogens is 4. The third-order valence-corrected chi connectivity index (χ3v) is 4.10. The highest BCUT2D eigenvalue weighted by molar-refractivity contribution is 6.61. The van der Waals surface area contributed by atoms with Crippen molar-refractivity contribution in [2.45, 2.75) is 45.4 Å². The van der Waals surface area contributed by atoms with E-state index in [1.165, 1.54) is 0 Å². The van der Waals surface area contributed by atoms with E-state index in [0.717, 1.165) is 11.3 Å². The number of hydrogen-bond donors (Lipinski definition) is 0. The Morgan fingerprint density at radius 2 is 1.86 bits per heavy atom. The van der Waals surface area contributed by atoms with Crippen LogP contribution in [0.2, 0.25) is 0 Å². The Balaban J connectivity index is 1.74. The molecule has 0 atom stereocenters. The van der Waals surface area contributed by atoms with Crippen LogP contribution in [0.25, 0.3) is 0 Å². The standard InChI is InChI=1S/C14H19BN4O2/c1-13(2)14(3,4)21-15(20-13)12-5-8-19(18-12)10-11-9-16-6-7-17-11/h5-9H,10H2,1-4H3. The van der Waals surface area contributed by atoms with Gasteiger partial charge in [0.1, 0.15) is 0 Å². The Kier molecular flexibility index (Phi) is 3.34. The highest BCUT2D eigenvalue weighted by Crippen LogP contribution is 2.36. The molecule has 1 saturated heterocycles. The van der Waals surface area contributed by atoms with Crippen molar-refractivity contribution in [2.24, 2.45) is 0 Å². The van der Waals surface area contributed by atoms with Gasteiger partial charge < -0.3 is 9.31 Å². The third-order valence-electron chi connectivity index (χ3n) is 4.10. The van der Waals surface area contributed by atoms with Gasteiger partial charge in [-0.25, -0.2) is 0 Å². The van der Waals surface area contributed by atoms with Crippen molar-refractivity contribution in [3.8, 4) is 0 Å². The summed E-state index contributed by atoms with van der Waals surface area (Å²) in [5.41, 5.74) is 0.928. The van der Waals surface area contributed by atoms with E-state index in [2.05, 4.69) is 15.1 Å². The monoisotopic (exact) mass is 286 g/mol. The molecule has 21 heavy (non-hydrogen) atoms. The van der Waals surface area contributed by atoms with E-state index in [-0.39, 0.29) is 11.2 Å². The zero-order valence-electron chi connectivity index (χ0n) is 12.8. The van der Waals surface area contributed by atoms with Crippen molar-refractivity contribution in [3.05, 3.63) is 36.5 Å². The van der Waals surface area contributed by atoms with Crippen LogP contribution in [0.5, 0.6) is 0 Å². The summed E-state index contributed by atoms with van der Waals surface area (Å²) in [6.07, 6.45) is 6.96. The first-order valence-corrected chi connectivity index (χ1v) is 7.01. The van der Waals surface area contributed by atoms with E-state index in [9.17, 15) is 0 Å². The molecule has 2 aromatic rings. The highest BCUT2D eigenvalue weighted by Gasteiger charge is 2.52. The summed E-state index contributed by atoms with van der Waals surface area (Å²) < 4.78 is 13.8. The van der Waals surface area contributed by atoms with E-state index >= 15 is 0 Å². The first-order valence-electron chi connectivity index (χ1n) is 7.01. The summed E-state index contributed by atoms with van der Waals surface area (Å²) in [6, 6.07) is 1.92. The average Bonchev–Trinajstić information content (AvgIpc) is 2.94. The number of rotatable bonds is 3. The van der Waals surface area contributed by atoms with Gasteiger partial charge in [-0.3, -0.25) is 14.6 Å². The van der Waals surface area contributed by atoms with Crippen molar-refractivity contribution in [1.82, 2.24) is 19.7 Å². The van der Waals surface area contributed by atoms with Gasteiger partial charge >= 0.3 is 7.12 Å². The van der Waals surface area contributed by atoms with Crippen LogP contribution in [0.4, 0.5) is 0 Å². The minimum absolute atomic E-state index is 0.355. The summed E-state index contributed by atoms with van der Waals surface area (Å²) in [6.45, 7) is 8.70. The molecule has 0 bridgehead atoms. The molecule has 0 spiro atoms. The molecule has 6 nitrogen and oxygen atoms in total. The lowest BCUT2D eigenvalue weighted by molar-refractivity contribution is 0.00578. The number of nitrogens with zero attached hydrogens (tertiary/aromatic N) is 4. The molecule has 1 aliphatic heterocycles. The van der Waals surface area contributed by atoms with Gasteiger partial charge in [-0.05, 0) is 33.8 Å². The molecule has 3 heterocycles. The predicted octanol–water partition coefficient (Wildman–Crippen LogP) is 1.02. The molecule has 1 fully saturated rings. The van der Waals surface area contributed by atoms with Crippen molar-refractivity contribution < 1.29 is 9.31 Å². The van der Waals surface area contributed by atoms with Gasteiger partial charge in [-0.15, -0.1) is 0 Å². The maximum Gasteiger partial charge on any atom is 0.516 e. The third kappa shape index (κ3) is 2.71. The smallest absolute Gasteiger partial charge is 0.398 e. The molecule has 2 aromatic heterocycles. The van der Waals surface area contributed by atoms with Gasteiger partial charge in [0.2, 0.25) is 0 Å². The molecule has 0 aliphatic carbocycles. The van der Waals surface area contributed by atoms with Crippen LogP contribution in [0, 0.1) is 0 Å².